The molecule has 0 fully saturated rings. The summed E-state index contributed by atoms with van der Waals surface area (Å²) in [6.45, 7) is 0.712. The lowest BCUT2D eigenvalue weighted by molar-refractivity contribution is 0.0945. The molecule has 0 atom stereocenters. The Morgan fingerprint density at radius 2 is 2.36 bits per heavy atom. The number of nitrogens with zero attached hydrogens (tertiary/aromatic N) is 1. The first-order chi connectivity index (χ1) is 5.29. The Bertz CT molecular complexity index is 307. The molecule has 0 bridgehead atoms. The van der Waals surface area contributed by atoms with Crippen LogP contribution in [0.5, 0.6) is 0 Å². The predicted octanol–water partition coefficient (Wildman–Crippen LogP) is 0.300. The average Bonchev–Trinajstić information content (AvgIpc) is 2.34. The summed E-state index contributed by atoms with van der Waals surface area (Å²) >= 11 is 2.05. The van der Waals surface area contributed by atoms with Gasteiger partial charge in [-0.05, 0) is 22.6 Å². The summed E-state index contributed by atoms with van der Waals surface area (Å²) in [7, 11) is 0. The van der Waals surface area contributed by atoms with Gasteiger partial charge in [0.1, 0.15) is 3.70 Å². The molecule has 2 rings (SSSR count). The Morgan fingerprint density at radius 3 is 3.09 bits per heavy atom. The molecule has 4 nitrogen and oxygen atoms in total. The predicted molar refractivity (Wildman–Crippen MR) is 47.3 cm³/mol. The highest BCUT2D eigenvalue weighted by atomic mass is 127. The number of halogens is 1. The number of hydrogen-bond donors (Lipinski definition) is 2. The van der Waals surface area contributed by atoms with Gasteiger partial charge < -0.3 is 5.32 Å². The van der Waals surface area contributed by atoms with Crippen molar-refractivity contribution in [2.75, 3.05) is 6.54 Å². The Hall–Kier alpha value is -0.590. The van der Waals surface area contributed by atoms with Gasteiger partial charge in [0.2, 0.25) is 0 Å². The van der Waals surface area contributed by atoms with Crippen molar-refractivity contribution in [3.05, 3.63) is 15.0 Å². The number of aromatic nitrogens is 2. The Morgan fingerprint density at radius 1 is 1.55 bits per heavy atom. The second kappa shape index (κ2) is 2.47. The molecular formula is C6H6IN3O. The number of hydrogen-bond acceptors (Lipinski definition) is 2. The standard InChI is InChI=1S/C6H6IN3O/c7-5-4-3(9-10-5)1-2-8-6(4)11/h1-2H2,(H,8,11)(H,9,10). The highest BCUT2D eigenvalue weighted by Gasteiger charge is 2.21. The molecule has 2 heterocycles. The van der Waals surface area contributed by atoms with E-state index in [9.17, 15) is 4.79 Å². The van der Waals surface area contributed by atoms with Crippen LogP contribution in [0.25, 0.3) is 0 Å². The fraction of sp³-hybridized carbons (Fsp3) is 0.333. The van der Waals surface area contributed by atoms with Gasteiger partial charge in [-0.25, -0.2) is 0 Å². The second-order valence-electron chi connectivity index (χ2n) is 2.37. The molecule has 11 heavy (non-hydrogen) atoms. The van der Waals surface area contributed by atoms with E-state index in [0.717, 1.165) is 21.4 Å². The first-order valence-corrected chi connectivity index (χ1v) is 4.38. The molecule has 1 aromatic heterocycles. The number of fused-ring (bicyclic) bond motifs is 1. The topological polar surface area (TPSA) is 57.8 Å². The molecule has 5 heteroatoms. The van der Waals surface area contributed by atoms with E-state index in [2.05, 4.69) is 38.1 Å². The first-order valence-electron chi connectivity index (χ1n) is 3.30. The molecule has 0 saturated carbocycles. The first kappa shape index (κ1) is 7.08. The van der Waals surface area contributed by atoms with Crippen LogP contribution >= 0.6 is 22.6 Å². The number of carbonyl (C=O) groups excluding carboxylic acids is 1. The molecule has 1 amide bonds. The van der Waals surface area contributed by atoms with Gasteiger partial charge in [-0.3, -0.25) is 9.89 Å². The third-order valence-corrected chi connectivity index (χ3v) is 2.47. The zero-order valence-corrected chi connectivity index (χ0v) is 7.81. The van der Waals surface area contributed by atoms with Crippen molar-refractivity contribution < 1.29 is 4.79 Å². The van der Waals surface area contributed by atoms with E-state index in [0.29, 0.717) is 6.54 Å². The minimum absolute atomic E-state index is 0.00981. The lowest BCUT2D eigenvalue weighted by atomic mass is 10.1. The minimum Gasteiger partial charge on any atom is -0.352 e. The Kier molecular flexibility index (Phi) is 1.59. The zero-order chi connectivity index (χ0) is 7.84. The van der Waals surface area contributed by atoms with Crippen LogP contribution in [-0.4, -0.2) is 22.6 Å². The van der Waals surface area contributed by atoms with Crippen LogP contribution in [0.1, 0.15) is 16.1 Å². The van der Waals surface area contributed by atoms with Gasteiger partial charge in [-0.1, -0.05) is 0 Å². The number of H-pyrrole nitrogens is 1. The maximum Gasteiger partial charge on any atom is 0.255 e. The summed E-state index contributed by atoms with van der Waals surface area (Å²) in [5, 5.41) is 9.55. The summed E-state index contributed by atoms with van der Waals surface area (Å²) < 4.78 is 0.759. The molecule has 58 valence electrons. The molecule has 0 saturated heterocycles. The van der Waals surface area contributed by atoms with Gasteiger partial charge >= 0.3 is 0 Å². The fourth-order valence-electron chi connectivity index (χ4n) is 1.15. The van der Waals surface area contributed by atoms with Crippen LogP contribution < -0.4 is 5.32 Å². The lowest BCUT2D eigenvalue weighted by Crippen LogP contribution is -2.31. The number of carbonyl (C=O) groups is 1. The van der Waals surface area contributed by atoms with Gasteiger partial charge in [-0.2, -0.15) is 5.10 Å². The fourth-order valence-corrected chi connectivity index (χ4v) is 1.85. The Labute approximate surface area is 76.9 Å². The van der Waals surface area contributed by atoms with Crippen molar-refractivity contribution >= 4 is 28.5 Å². The monoisotopic (exact) mass is 263 g/mol. The number of rotatable bonds is 0. The molecule has 1 aromatic rings. The van der Waals surface area contributed by atoms with Crippen LogP contribution in [0.2, 0.25) is 0 Å². The van der Waals surface area contributed by atoms with Crippen LogP contribution in [0.15, 0.2) is 0 Å². The van der Waals surface area contributed by atoms with E-state index in [1.54, 1.807) is 0 Å². The van der Waals surface area contributed by atoms with Gasteiger partial charge in [0.25, 0.3) is 5.91 Å². The van der Waals surface area contributed by atoms with Crippen molar-refractivity contribution in [2.24, 2.45) is 0 Å². The van der Waals surface area contributed by atoms with E-state index in [1.165, 1.54) is 0 Å². The zero-order valence-electron chi connectivity index (χ0n) is 5.65. The van der Waals surface area contributed by atoms with Crippen LogP contribution in [-0.2, 0) is 6.42 Å². The molecule has 0 unspecified atom stereocenters. The van der Waals surface area contributed by atoms with Gasteiger partial charge in [0.15, 0.2) is 0 Å². The van der Waals surface area contributed by atoms with Crippen molar-refractivity contribution in [3.63, 3.8) is 0 Å². The van der Waals surface area contributed by atoms with Crippen LogP contribution in [0.4, 0.5) is 0 Å². The molecule has 1 aliphatic rings. The van der Waals surface area contributed by atoms with Crippen molar-refractivity contribution in [2.45, 2.75) is 6.42 Å². The lowest BCUT2D eigenvalue weighted by Gasteiger charge is -2.10. The van der Waals surface area contributed by atoms with Crippen molar-refractivity contribution in [3.8, 4) is 0 Å². The Balaban J connectivity index is 2.56. The van der Waals surface area contributed by atoms with E-state index >= 15 is 0 Å². The smallest absolute Gasteiger partial charge is 0.255 e. The normalized spacial score (nSPS) is 15.9. The average molecular weight is 263 g/mol. The second-order valence-corrected chi connectivity index (χ2v) is 3.40. The molecule has 1 aliphatic heterocycles. The summed E-state index contributed by atoms with van der Waals surface area (Å²) in [4.78, 5) is 11.2. The van der Waals surface area contributed by atoms with Gasteiger partial charge in [0, 0.05) is 13.0 Å². The molecule has 0 spiro atoms. The maximum atomic E-state index is 11.2. The summed E-state index contributed by atoms with van der Waals surface area (Å²) in [6.07, 6.45) is 0.858. The number of aromatic amines is 1. The highest BCUT2D eigenvalue weighted by Crippen LogP contribution is 2.16. The SMILES string of the molecule is O=C1NCCc2[nH]nc(I)c21. The minimum atomic E-state index is -0.00981. The van der Waals surface area contributed by atoms with Crippen LogP contribution in [0, 0.1) is 3.70 Å². The third kappa shape index (κ3) is 1.03. The number of amides is 1. The third-order valence-electron chi connectivity index (χ3n) is 1.68. The van der Waals surface area contributed by atoms with E-state index in [-0.39, 0.29) is 5.91 Å². The largest absolute Gasteiger partial charge is 0.352 e. The maximum absolute atomic E-state index is 11.2. The highest BCUT2D eigenvalue weighted by molar-refractivity contribution is 14.1. The van der Waals surface area contributed by atoms with Gasteiger partial charge in [0.05, 0.1) is 11.3 Å². The molecule has 0 aliphatic carbocycles. The molecule has 0 radical (unpaired) electrons. The molecule has 2 N–H and O–H groups in total. The van der Waals surface area contributed by atoms with Crippen LogP contribution in [0.3, 0.4) is 0 Å². The summed E-state index contributed by atoms with van der Waals surface area (Å²) in [5.74, 6) is -0.00981. The van der Waals surface area contributed by atoms with E-state index in [4.69, 9.17) is 0 Å². The van der Waals surface area contributed by atoms with Crippen molar-refractivity contribution in [1.29, 1.82) is 0 Å². The van der Waals surface area contributed by atoms with E-state index < -0.39 is 0 Å². The molecule has 0 aromatic carbocycles. The van der Waals surface area contributed by atoms with E-state index in [1.807, 2.05) is 0 Å². The summed E-state index contributed by atoms with van der Waals surface area (Å²) in [5.41, 5.74) is 1.68. The molecular weight excluding hydrogens is 257 g/mol. The van der Waals surface area contributed by atoms with Crippen molar-refractivity contribution in [1.82, 2.24) is 15.5 Å². The summed E-state index contributed by atoms with van der Waals surface area (Å²) in [6, 6.07) is 0. The van der Waals surface area contributed by atoms with Gasteiger partial charge in [-0.15, -0.1) is 0 Å². The quantitative estimate of drug-likeness (QED) is 0.661. The number of nitrogens with one attached hydrogen (secondary N) is 2.